The summed E-state index contributed by atoms with van der Waals surface area (Å²) in [7, 11) is 0. The minimum absolute atomic E-state index is 0.154. The predicted octanol–water partition coefficient (Wildman–Crippen LogP) is 4.63. The second-order valence-electron chi connectivity index (χ2n) is 10.7. The Hall–Kier alpha value is -3.87. The van der Waals surface area contributed by atoms with Crippen molar-refractivity contribution >= 4 is 5.91 Å². The van der Waals surface area contributed by atoms with Crippen LogP contribution < -0.4 is 0 Å². The van der Waals surface area contributed by atoms with E-state index < -0.39 is 0 Å². The van der Waals surface area contributed by atoms with E-state index in [1.807, 2.05) is 35.2 Å². The van der Waals surface area contributed by atoms with Crippen LogP contribution in [0.5, 0.6) is 0 Å². The molecular formula is C32H35N5O. The molecule has 3 heterocycles. The lowest BCUT2D eigenvalue weighted by atomic mass is 9.89. The molecule has 6 heteroatoms. The van der Waals surface area contributed by atoms with E-state index in [1.54, 1.807) is 0 Å². The van der Waals surface area contributed by atoms with Crippen LogP contribution in [0.3, 0.4) is 0 Å². The van der Waals surface area contributed by atoms with E-state index in [0.29, 0.717) is 23.1 Å². The van der Waals surface area contributed by atoms with Crippen LogP contribution in [0, 0.1) is 28.6 Å². The molecule has 38 heavy (non-hydrogen) atoms. The largest absolute Gasteiger partial charge is 0.370 e. The lowest BCUT2D eigenvalue weighted by molar-refractivity contribution is -0.128. The third-order valence-corrected chi connectivity index (χ3v) is 8.19. The summed E-state index contributed by atoms with van der Waals surface area (Å²) in [5.41, 5.74) is 4.73. The Morgan fingerprint density at radius 3 is 2.03 bits per heavy atom. The Kier molecular flexibility index (Phi) is 8.22. The molecule has 0 aromatic heterocycles. The van der Waals surface area contributed by atoms with Gasteiger partial charge in [0.2, 0.25) is 0 Å². The molecule has 0 radical (unpaired) electrons. The van der Waals surface area contributed by atoms with E-state index in [-0.39, 0.29) is 5.91 Å². The quantitative estimate of drug-likeness (QED) is 0.572. The number of carbonyl (C=O) groups is 1. The van der Waals surface area contributed by atoms with Gasteiger partial charge in [-0.05, 0) is 73.4 Å². The van der Waals surface area contributed by atoms with Gasteiger partial charge in [-0.25, -0.2) is 0 Å². The molecule has 5 rings (SSSR count). The van der Waals surface area contributed by atoms with E-state index in [1.165, 1.54) is 11.1 Å². The number of hydrogen-bond acceptors (Lipinski definition) is 5. The first-order valence-electron chi connectivity index (χ1n) is 13.7. The van der Waals surface area contributed by atoms with Crippen LogP contribution in [0.25, 0.3) is 0 Å². The molecule has 0 aliphatic carbocycles. The molecule has 0 saturated carbocycles. The number of nitrogens with zero attached hydrogens (tertiary/aromatic N) is 5. The van der Waals surface area contributed by atoms with E-state index in [9.17, 15) is 4.79 Å². The monoisotopic (exact) mass is 505 g/mol. The highest BCUT2D eigenvalue weighted by atomic mass is 16.2. The topological polar surface area (TPSA) is 74.4 Å². The van der Waals surface area contributed by atoms with Crippen LogP contribution in [-0.4, -0.2) is 59.4 Å². The predicted molar refractivity (Wildman–Crippen MR) is 148 cm³/mol. The highest BCUT2D eigenvalue weighted by Crippen LogP contribution is 2.26. The molecule has 2 fully saturated rings. The maximum absolute atomic E-state index is 13.3. The molecule has 0 bridgehead atoms. The third kappa shape index (κ3) is 6.33. The fourth-order valence-corrected chi connectivity index (χ4v) is 5.88. The molecule has 194 valence electrons. The molecule has 0 spiro atoms. The number of carbonyl (C=O) groups excluding carboxylic acids is 1. The Morgan fingerprint density at radius 1 is 0.816 bits per heavy atom. The number of nitriles is 2. The standard InChI is InChI=1S/C32H35N5O/c33-21-27-5-3-25(4-6-27)20-26-11-18-36(19-12-26)32(38)30-2-1-15-37(24-30)31-13-16-35(17-14-31)23-29-9-7-28(22-34)8-10-29/h1-10,24,26,31H,11-20,23H2. The highest BCUT2D eigenvalue weighted by molar-refractivity contribution is 5.96. The summed E-state index contributed by atoms with van der Waals surface area (Å²) in [5.74, 6) is 0.731. The second-order valence-corrected chi connectivity index (χ2v) is 10.7. The molecule has 1 amide bonds. The van der Waals surface area contributed by atoms with Crippen LogP contribution in [0.15, 0.2) is 72.5 Å². The van der Waals surface area contributed by atoms with Gasteiger partial charge in [-0.3, -0.25) is 9.69 Å². The van der Waals surface area contributed by atoms with E-state index >= 15 is 0 Å². The van der Waals surface area contributed by atoms with Crippen molar-refractivity contribution in [2.75, 3.05) is 32.7 Å². The number of hydrogen-bond donors (Lipinski definition) is 0. The SMILES string of the molecule is N#Cc1ccc(CC2CCN(C(=O)C3=CN(C4CCN(Cc5ccc(C#N)cc5)CC4)CC=C3)CC2)cc1. The van der Waals surface area contributed by atoms with Gasteiger partial charge in [0.25, 0.3) is 5.91 Å². The molecule has 3 aliphatic rings. The van der Waals surface area contributed by atoms with Gasteiger partial charge in [0.05, 0.1) is 28.8 Å². The van der Waals surface area contributed by atoms with Gasteiger partial charge >= 0.3 is 0 Å². The van der Waals surface area contributed by atoms with Crippen LogP contribution >= 0.6 is 0 Å². The van der Waals surface area contributed by atoms with Crippen molar-refractivity contribution in [3.63, 3.8) is 0 Å². The van der Waals surface area contributed by atoms with Gasteiger partial charge in [0.15, 0.2) is 0 Å². The molecule has 0 atom stereocenters. The maximum atomic E-state index is 13.3. The van der Waals surface area contributed by atoms with E-state index in [4.69, 9.17) is 10.5 Å². The Morgan fingerprint density at radius 2 is 1.42 bits per heavy atom. The van der Waals surface area contributed by atoms with Crippen LogP contribution in [0.2, 0.25) is 0 Å². The van der Waals surface area contributed by atoms with Crippen molar-refractivity contribution in [3.8, 4) is 12.1 Å². The first kappa shape index (κ1) is 25.8. The first-order valence-corrected chi connectivity index (χ1v) is 13.7. The summed E-state index contributed by atoms with van der Waals surface area (Å²) in [4.78, 5) is 20.2. The average Bonchev–Trinajstić information content (AvgIpc) is 2.98. The number of amides is 1. The van der Waals surface area contributed by atoms with Crippen molar-refractivity contribution < 1.29 is 4.79 Å². The van der Waals surface area contributed by atoms with Gasteiger partial charge in [-0.15, -0.1) is 0 Å². The Labute approximate surface area is 226 Å². The van der Waals surface area contributed by atoms with E-state index in [0.717, 1.165) is 76.9 Å². The van der Waals surface area contributed by atoms with Crippen molar-refractivity contribution in [3.05, 3.63) is 94.7 Å². The normalized spacial score (nSPS) is 19.1. The first-order chi connectivity index (χ1) is 18.6. The molecular weight excluding hydrogens is 470 g/mol. The van der Waals surface area contributed by atoms with Crippen LogP contribution in [-0.2, 0) is 17.8 Å². The highest BCUT2D eigenvalue weighted by Gasteiger charge is 2.28. The summed E-state index contributed by atoms with van der Waals surface area (Å²) in [5, 5.41) is 18.0. The second kappa shape index (κ2) is 12.1. The lowest BCUT2D eigenvalue weighted by Crippen LogP contribution is -2.44. The Bertz CT molecular complexity index is 1250. The summed E-state index contributed by atoms with van der Waals surface area (Å²) in [6.07, 6.45) is 11.5. The van der Waals surface area contributed by atoms with E-state index in [2.05, 4.69) is 58.5 Å². The average molecular weight is 506 g/mol. The van der Waals surface area contributed by atoms with Crippen molar-refractivity contribution in [1.29, 1.82) is 10.5 Å². The fourth-order valence-electron chi connectivity index (χ4n) is 5.88. The van der Waals surface area contributed by atoms with Gasteiger partial charge in [0.1, 0.15) is 0 Å². The number of likely N-dealkylation sites (tertiary alicyclic amines) is 2. The number of rotatable bonds is 6. The third-order valence-electron chi connectivity index (χ3n) is 8.19. The van der Waals surface area contributed by atoms with Crippen molar-refractivity contribution in [2.24, 2.45) is 5.92 Å². The van der Waals surface area contributed by atoms with Crippen molar-refractivity contribution in [2.45, 2.75) is 44.7 Å². The lowest BCUT2D eigenvalue weighted by Gasteiger charge is -2.39. The zero-order chi connectivity index (χ0) is 26.3. The Balaban J connectivity index is 1.09. The maximum Gasteiger partial charge on any atom is 0.255 e. The van der Waals surface area contributed by atoms with Gasteiger partial charge in [-0.1, -0.05) is 36.4 Å². The minimum Gasteiger partial charge on any atom is -0.370 e. The smallest absolute Gasteiger partial charge is 0.255 e. The molecule has 2 aromatic carbocycles. The number of benzene rings is 2. The molecule has 3 aliphatic heterocycles. The molecule has 2 aromatic rings. The summed E-state index contributed by atoms with van der Waals surface area (Å²) in [6, 6.07) is 20.6. The zero-order valence-electron chi connectivity index (χ0n) is 21.9. The molecule has 0 unspecified atom stereocenters. The molecule has 2 saturated heterocycles. The summed E-state index contributed by atoms with van der Waals surface area (Å²) >= 11 is 0. The zero-order valence-corrected chi connectivity index (χ0v) is 21.9. The van der Waals surface area contributed by atoms with Gasteiger partial charge < -0.3 is 9.80 Å². The minimum atomic E-state index is 0.154. The summed E-state index contributed by atoms with van der Waals surface area (Å²) < 4.78 is 0. The van der Waals surface area contributed by atoms with Gasteiger partial charge in [-0.2, -0.15) is 10.5 Å². The number of piperidine rings is 2. The van der Waals surface area contributed by atoms with Crippen LogP contribution in [0.4, 0.5) is 0 Å². The van der Waals surface area contributed by atoms with Gasteiger partial charge in [0, 0.05) is 51.5 Å². The van der Waals surface area contributed by atoms with Crippen LogP contribution in [0.1, 0.15) is 47.9 Å². The molecule has 0 N–H and O–H groups in total. The van der Waals surface area contributed by atoms with Crippen molar-refractivity contribution in [1.82, 2.24) is 14.7 Å². The molecule has 6 nitrogen and oxygen atoms in total. The summed E-state index contributed by atoms with van der Waals surface area (Å²) in [6.45, 7) is 5.46. The fraction of sp³-hybridized carbons (Fsp3) is 0.406.